The van der Waals surface area contributed by atoms with E-state index >= 15 is 0 Å². The molecule has 1 saturated heterocycles. The van der Waals surface area contributed by atoms with Gasteiger partial charge in [0.2, 0.25) is 0 Å². The van der Waals surface area contributed by atoms with Crippen LogP contribution in [0.4, 0.5) is 0 Å². The lowest BCUT2D eigenvalue weighted by molar-refractivity contribution is -0.0939. The van der Waals surface area contributed by atoms with Crippen molar-refractivity contribution in [2.45, 2.75) is 45.4 Å². The molecule has 96 valence electrons. The van der Waals surface area contributed by atoms with E-state index in [-0.39, 0.29) is 11.6 Å². The molecule has 0 amide bonds. The number of hydrogen-bond acceptors (Lipinski definition) is 4. The van der Waals surface area contributed by atoms with Gasteiger partial charge in [0.1, 0.15) is 0 Å². The number of nitrogens with zero attached hydrogens (tertiary/aromatic N) is 1. The highest BCUT2D eigenvalue weighted by molar-refractivity contribution is 4.89. The molecule has 0 aliphatic carbocycles. The Balaban J connectivity index is 2.46. The lowest BCUT2D eigenvalue weighted by Crippen LogP contribution is -2.57. The minimum atomic E-state index is -0.465. The molecule has 0 aromatic carbocycles. The van der Waals surface area contributed by atoms with E-state index in [1.165, 1.54) is 0 Å². The van der Waals surface area contributed by atoms with Gasteiger partial charge in [-0.25, -0.2) is 0 Å². The highest BCUT2D eigenvalue weighted by atomic mass is 16.5. The molecule has 0 radical (unpaired) electrons. The Morgan fingerprint density at radius 1 is 1.31 bits per heavy atom. The molecule has 4 heteroatoms. The lowest BCUT2D eigenvalue weighted by atomic mass is 9.95. The molecule has 1 heterocycles. The van der Waals surface area contributed by atoms with Gasteiger partial charge in [-0.15, -0.1) is 0 Å². The third-order valence-electron chi connectivity index (χ3n) is 3.23. The van der Waals surface area contributed by atoms with Crippen LogP contribution in [0, 0.1) is 0 Å². The van der Waals surface area contributed by atoms with Crippen LogP contribution >= 0.6 is 0 Å². The van der Waals surface area contributed by atoms with Crippen molar-refractivity contribution in [2.24, 2.45) is 0 Å². The molecule has 1 N–H and O–H groups in total. The summed E-state index contributed by atoms with van der Waals surface area (Å²) in [5.74, 6) is 0. The monoisotopic (exact) mass is 231 g/mol. The zero-order chi connectivity index (χ0) is 12.2. The Labute approximate surface area is 98.5 Å². The van der Waals surface area contributed by atoms with Crippen molar-refractivity contribution >= 4 is 0 Å². The summed E-state index contributed by atoms with van der Waals surface area (Å²) in [6, 6.07) is 0. The lowest BCUT2D eigenvalue weighted by Gasteiger charge is -2.43. The zero-order valence-electron chi connectivity index (χ0n) is 10.9. The molecule has 1 atom stereocenters. The van der Waals surface area contributed by atoms with Gasteiger partial charge in [-0.3, -0.25) is 4.90 Å². The first-order chi connectivity index (χ1) is 7.44. The van der Waals surface area contributed by atoms with E-state index in [0.29, 0.717) is 6.61 Å². The molecule has 4 nitrogen and oxygen atoms in total. The maximum Gasteiger partial charge on any atom is 0.0951 e. The molecule has 1 aliphatic heterocycles. The van der Waals surface area contributed by atoms with Gasteiger partial charge in [0, 0.05) is 18.6 Å². The van der Waals surface area contributed by atoms with Crippen molar-refractivity contribution in [1.82, 2.24) is 4.90 Å². The van der Waals surface area contributed by atoms with Gasteiger partial charge >= 0.3 is 0 Å². The normalized spacial score (nSPS) is 21.4. The molecule has 1 unspecified atom stereocenters. The fraction of sp³-hybridized carbons (Fsp3) is 1.00. The van der Waals surface area contributed by atoms with E-state index in [2.05, 4.69) is 18.7 Å². The van der Waals surface area contributed by atoms with Gasteiger partial charge in [-0.05, 0) is 27.7 Å². The minimum absolute atomic E-state index is 0.162. The average molecular weight is 231 g/mol. The van der Waals surface area contributed by atoms with Crippen molar-refractivity contribution < 1.29 is 14.6 Å². The predicted molar refractivity (Wildman–Crippen MR) is 63.6 cm³/mol. The first-order valence-corrected chi connectivity index (χ1v) is 6.07. The minimum Gasteiger partial charge on any atom is -0.389 e. The third-order valence-corrected chi connectivity index (χ3v) is 3.23. The topological polar surface area (TPSA) is 41.9 Å². The molecular weight excluding hydrogens is 206 g/mol. The molecule has 1 fully saturated rings. The quantitative estimate of drug-likeness (QED) is 0.763. The van der Waals surface area contributed by atoms with E-state index in [4.69, 9.17) is 9.47 Å². The van der Waals surface area contributed by atoms with Crippen molar-refractivity contribution in [3.8, 4) is 0 Å². The summed E-state index contributed by atoms with van der Waals surface area (Å²) in [5, 5.41) is 10.2. The molecule has 0 aromatic heterocycles. The highest BCUT2D eigenvalue weighted by Crippen LogP contribution is 2.21. The fourth-order valence-corrected chi connectivity index (χ4v) is 1.84. The second-order valence-electron chi connectivity index (χ2n) is 5.15. The van der Waals surface area contributed by atoms with Gasteiger partial charge in [-0.1, -0.05) is 0 Å². The Morgan fingerprint density at radius 2 is 1.88 bits per heavy atom. The number of aliphatic hydroxyl groups excluding tert-OH is 1. The second kappa shape index (κ2) is 5.96. The van der Waals surface area contributed by atoms with E-state index < -0.39 is 6.10 Å². The number of aliphatic hydroxyl groups is 1. The van der Waals surface area contributed by atoms with Crippen LogP contribution in [-0.2, 0) is 9.47 Å². The molecule has 1 aliphatic rings. The summed E-state index contributed by atoms with van der Waals surface area (Å²) in [4.78, 5) is 2.27. The van der Waals surface area contributed by atoms with E-state index in [0.717, 1.165) is 26.3 Å². The second-order valence-corrected chi connectivity index (χ2v) is 5.15. The Bertz CT molecular complexity index is 200. The van der Waals surface area contributed by atoms with Gasteiger partial charge < -0.3 is 14.6 Å². The number of morpholine rings is 1. The van der Waals surface area contributed by atoms with Crippen LogP contribution in [-0.4, -0.2) is 60.7 Å². The number of ether oxygens (including phenoxy) is 2. The Kier molecular flexibility index (Phi) is 5.18. The maximum absolute atomic E-state index is 10.2. The largest absolute Gasteiger partial charge is 0.389 e. The molecule has 0 aromatic rings. The fourth-order valence-electron chi connectivity index (χ4n) is 1.84. The van der Waals surface area contributed by atoms with Gasteiger partial charge in [-0.2, -0.15) is 0 Å². The maximum atomic E-state index is 10.2. The summed E-state index contributed by atoms with van der Waals surface area (Å²) in [7, 11) is 0. The van der Waals surface area contributed by atoms with Crippen LogP contribution < -0.4 is 0 Å². The first-order valence-electron chi connectivity index (χ1n) is 6.07. The van der Waals surface area contributed by atoms with Crippen LogP contribution in [0.1, 0.15) is 27.7 Å². The zero-order valence-corrected chi connectivity index (χ0v) is 10.9. The van der Waals surface area contributed by atoms with Crippen LogP contribution in [0.2, 0.25) is 0 Å². The third kappa shape index (κ3) is 3.70. The summed E-state index contributed by atoms with van der Waals surface area (Å²) in [5.41, 5.74) is -0.251. The summed E-state index contributed by atoms with van der Waals surface area (Å²) in [6.07, 6.45) is -0.303. The summed E-state index contributed by atoms with van der Waals surface area (Å²) in [6.45, 7) is 11.7. The standard InChI is InChI=1S/C12H25NO3/c1-10(2)16-9-11(14)12(3,4)13-5-7-15-8-6-13/h10-11,14H,5-9H2,1-4H3. The van der Waals surface area contributed by atoms with Crippen molar-refractivity contribution in [2.75, 3.05) is 32.9 Å². The van der Waals surface area contributed by atoms with Gasteiger partial charge in [0.15, 0.2) is 0 Å². The van der Waals surface area contributed by atoms with Crippen LogP contribution in [0.15, 0.2) is 0 Å². The molecular formula is C12H25NO3. The molecule has 0 saturated carbocycles. The van der Waals surface area contributed by atoms with E-state index in [1.54, 1.807) is 0 Å². The van der Waals surface area contributed by atoms with E-state index in [9.17, 15) is 5.11 Å². The predicted octanol–water partition coefficient (Wildman–Crippen LogP) is 0.883. The Hall–Kier alpha value is -0.160. The average Bonchev–Trinajstić information content (AvgIpc) is 2.27. The summed E-state index contributed by atoms with van der Waals surface area (Å²) >= 11 is 0. The number of hydrogen-bond donors (Lipinski definition) is 1. The molecule has 0 bridgehead atoms. The molecule has 1 rings (SSSR count). The van der Waals surface area contributed by atoms with Crippen LogP contribution in [0.3, 0.4) is 0 Å². The highest BCUT2D eigenvalue weighted by Gasteiger charge is 2.35. The van der Waals surface area contributed by atoms with Crippen molar-refractivity contribution in [3.63, 3.8) is 0 Å². The SMILES string of the molecule is CC(C)OCC(O)C(C)(C)N1CCOCC1. The van der Waals surface area contributed by atoms with Crippen LogP contribution in [0.25, 0.3) is 0 Å². The van der Waals surface area contributed by atoms with Gasteiger partial charge in [0.05, 0.1) is 32.0 Å². The molecule has 16 heavy (non-hydrogen) atoms. The smallest absolute Gasteiger partial charge is 0.0951 e. The van der Waals surface area contributed by atoms with Crippen LogP contribution in [0.5, 0.6) is 0 Å². The Morgan fingerprint density at radius 3 is 2.38 bits per heavy atom. The van der Waals surface area contributed by atoms with Crippen molar-refractivity contribution in [3.05, 3.63) is 0 Å². The number of rotatable bonds is 5. The van der Waals surface area contributed by atoms with E-state index in [1.807, 2.05) is 13.8 Å². The van der Waals surface area contributed by atoms with Crippen molar-refractivity contribution in [1.29, 1.82) is 0 Å². The van der Waals surface area contributed by atoms with Gasteiger partial charge in [0.25, 0.3) is 0 Å². The summed E-state index contributed by atoms with van der Waals surface area (Å²) < 4.78 is 10.8. The molecule has 0 spiro atoms. The first kappa shape index (κ1) is 13.9.